The quantitative estimate of drug-likeness (QED) is 0.847. The van der Waals surface area contributed by atoms with Crippen molar-refractivity contribution in [2.24, 2.45) is 11.7 Å². The lowest BCUT2D eigenvalue weighted by molar-refractivity contribution is -0.121. The molecule has 1 aromatic rings. The van der Waals surface area contributed by atoms with Crippen molar-refractivity contribution in [3.8, 4) is 0 Å². The fourth-order valence-corrected chi connectivity index (χ4v) is 2.59. The van der Waals surface area contributed by atoms with E-state index < -0.39 is 0 Å². The number of pyridine rings is 1. The van der Waals surface area contributed by atoms with Crippen molar-refractivity contribution >= 4 is 5.91 Å². The Labute approximate surface area is 102 Å². The summed E-state index contributed by atoms with van der Waals surface area (Å²) in [5.74, 6) is -0.0575. The molecule has 1 aliphatic rings. The Morgan fingerprint density at radius 3 is 2.76 bits per heavy atom. The number of carbonyl (C=O) groups excluding carboxylic acids is 1. The Morgan fingerprint density at radius 2 is 2.24 bits per heavy atom. The summed E-state index contributed by atoms with van der Waals surface area (Å²) in [7, 11) is 2.11. The van der Waals surface area contributed by atoms with Gasteiger partial charge in [-0.05, 0) is 50.5 Å². The van der Waals surface area contributed by atoms with Crippen molar-refractivity contribution < 1.29 is 4.79 Å². The highest BCUT2D eigenvalue weighted by atomic mass is 16.1. The summed E-state index contributed by atoms with van der Waals surface area (Å²) in [6.07, 6.45) is 5.53. The Bertz CT molecular complexity index is 372. The van der Waals surface area contributed by atoms with Gasteiger partial charge in [-0.3, -0.25) is 9.78 Å². The summed E-state index contributed by atoms with van der Waals surface area (Å²) in [6.45, 7) is 2.07. The smallest absolute Gasteiger partial charge is 0.225 e. The van der Waals surface area contributed by atoms with Gasteiger partial charge in [-0.15, -0.1) is 0 Å². The number of hydrogen-bond acceptors (Lipinski definition) is 3. The number of primary amides is 1. The van der Waals surface area contributed by atoms with Gasteiger partial charge in [-0.1, -0.05) is 6.07 Å². The minimum Gasteiger partial charge on any atom is -0.369 e. The van der Waals surface area contributed by atoms with E-state index in [2.05, 4.69) is 16.9 Å². The van der Waals surface area contributed by atoms with E-state index in [-0.39, 0.29) is 11.8 Å². The average molecular weight is 233 g/mol. The first-order valence-corrected chi connectivity index (χ1v) is 6.06. The first-order valence-electron chi connectivity index (χ1n) is 6.06. The molecule has 2 heterocycles. The molecule has 0 bridgehead atoms. The van der Waals surface area contributed by atoms with Crippen LogP contribution in [0.4, 0.5) is 0 Å². The zero-order valence-corrected chi connectivity index (χ0v) is 10.2. The highest BCUT2D eigenvalue weighted by Crippen LogP contribution is 2.31. The average Bonchev–Trinajstić information content (AvgIpc) is 2.33. The molecule has 0 aliphatic carbocycles. The maximum atomic E-state index is 11.7. The van der Waals surface area contributed by atoms with Gasteiger partial charge in [0.05, 0.1) is 5.92 Å². The summed E-state index contributed by atoms with van der Waals surface area (Å²) in [4.78, 5) is 18.0. The van der Waals surface area contributed by atoms with Crippen LogP contribution in [0.3, 0.4) is 0 Å². The zero-order chi connectivity index (χ0) is 12.3. The van der Waals surface area contributed by atoms with Crippen molar-refractivity contribution in [3.63, 3.8) is 0 Å². The highest BCUT2D eigenvalue weighted by molar-refractivity contribution is 5.82. The number of hydrogen-bond donors (Lipinski definition) is 1. The number of nitrogens with zero attached hydrogens (tertiary/aromatic N) is 2. The molecule has 1 aliphatic heterocycles. The Hall–Kier alpha value is -1.42. The Kier molecular flexibility index (Phi) is 3.74. The van der Waals surface area contributed by atoms with E-state index in [0.29, 0.717) is 5.92 Å². The molecule has 1 saturated heterocycles. The van der Waals surface area contributed by atoms with E-state index in [0.717, 1.165) is 31.5 Å². The predicted molar refractivity (Wildman–Crippen MR) is 66.4 cm³/mol. The largest absolute Gasteiger partial charge is 0.369 e. The van der Waals surface area contributed by atoms with Crippen LogP contribution in [-0.2, 0) is 4.79 Å². The van der Waals surface area contributed by atoms with E-state index in [1.54, 1.807) is 12.4 Å². The van der Waals surface area contributed by atoms with Crippen LogP contribution in [0.5, 0.6) is 0 Å². The van der Waals surface area contributed by atoms with Crippen LogP contribution in [0, 0.1) is 5.92 Å². The second-order valence-electron chi connectivity index (χ2n) is 4.81. The molecule has 0 radical (unpaired) electrons. The molecule has 1 aromatic heterocycles. The molecule has 1 atom stereocenters. The number of likely N-dealkylation sites (tertiary alicyclic amines) is 1. The Balaban J connectivity index is 2.16. The van der Waals surface area contributed by atoms with E-state index >= 15 is 0 Å². The van der Waals surface area contributed by atoms with Crippen LogP contribution < -0.4 is 5.73 Å². The zero-order valence-electron chi connectivity index (χ0n) is 10.2. The number of aromatic nitrogens is 1. The van der Waals surface area contributed by atoms with Gasteiger partial charge in [0.25, 0.3) is 0 Å². The fourth-order valence-electron chi connectivity index (χ4n) is 2.59. The first-order chi connectivity index (χ1) is 8.18. The topological polar surface area (TPSA) is 59.2 Å². The van der Waals surface area contributed by atoms with Crippen LogP contribution in [0.1, 0.15) is 24.3 Å². The summed E-state index contributed by atoms with van der Waals surface area (Å²) >= 11 is 0. The SMILES string of the molecule is CN1CCC(C(C(N)=O)c2cccnc2)CC1. The van der Waals surface area contributed by atoms with Gasteiger partial charge in [-0.25, -0.2) is 0 Å². The third-order valence-corrected chi connectivity index (χ3v) is 3.58. The van der Waals surface area contributed by atoms with Crippen LogP contribution >= 0.6 is 0 Å². The van der Waals surface area contributed by atoms with Crippen LogP contribution in [0.25, 0.3) is 0 Å². The van der Waals surface area contributed by atoms with Crippen molar-refractivity contribution in [2.75, 3.05) is 20.1 Å². The molecular formula is C13H19N3O. The van der Waals surface area contributed by atoms with Gasteiger partial charge < -0.3 is 10.6 Å². The maximum Gasteiger partial charge on any atom is 0.225 e. The standard InChI is InChI=1S/C13H19N3O/c1-16-7-4-10(5-8-16)12(13(14)17)11-3-2-6-15-9-11/h2-3,6,9-10,12H,4-5,7-8H2,1H3,(H2,14,17). The van der Waals surface area contributed by atoms with E-state index in [1.807, 2.05) is 12.1 Å². The van der Waals surface area contributed by atoms with E-state index in [9.17, 15) is 4.79 Å². The summed E-state index contributed by atoms with van der Waals surface area (Å²) in [5, 5.41) is 0. The van der Waals surface area contributed by atoms with Crippen LogP contribution in [-0.4, -0.2) is 35.9 Å². The van der Waals surface area contributed by atoms with Crippen LogP contribution in [0.15, 0.2) is 24.5 Å². The summed E-state index contributed by atoms with van der Waals surface area (Å²) in [6, 6.07) is 3.81. The van der Waals surface area contributed by atoms with Crippen LogP contribution in [0.2, 0.25) is 0 Å². The molecule has 0 saturated carbocycles. The molecule has 0 spiro atoms. The minimum atomic E-state index is -0.229. The fraction of sp³-hybridized carbons (Fsp3) is 0.538. The maximum absolute atomic E-state index is 11.7. The number of piperidine rings is 1. The third-order valence-electron chi connectivity index (χ3n) is 3.58. The van der Waals surface area contributed by atoms with Gasteiger partial charge in [0.1, 0.15) is 0 Å². The normalized spacial score (nSPS) is 20.1. The summed E-state index contributed by atoms with van der Waals surface area (Å²) < 4.78 is 0. The number of nitrogens with two attached hydrogens (primary N) is 1. The molecule has 4 heteroatoms. The first kappa shape index (κ1) is 12.0. The lowest BCUT2D eigenvalue weighted by atomic mass is 9.80. The Morgan fingerprint density at radius 1 is 1.53 bits per heavy atom. The number of amides is 1. The van der Waals surface area contributed by atoms with Crippen molar-refractivity contribution in [1.82, 2.24) is 9.88 Å². The molecule has 1 unspecified atom stereocenters. The lowest BCUT2D eigenvalue weighted by Gasteiger charge is -2.33. The molecule has 0 aromatic carbocycles. The molecule has 4 nitrogen and oxygen atoms in total. The van der Waals surface area contributed by atoms with Gasteiger partial charge in [0.15, 0.2) is 0 Å². The van der Waals surface area contributed by atoms with Gasteiger partial charge in [0.2, 0.25) is 5.91 Å². The highest BCUT2D eigenvalue weighted by Gasteiger charge is 2.30. The molecule has 17 heavy (non-hydrogen) atoms. The van der Waals surface area contributed by atoms with Gasteiger partial charge >= 0.3 is 0 Å². The molecule has 92 valence electrons. The summed E-state index contributed by atoms with van der Waals surface area (Å²) in [5.41, 5.74) is 6.51. The number of carbonyl (C=O) groups is 1. The van der Waals surface area contributed by atoms with E-state index in [1.165, 1.54) is 0 Å². The molecule has 2 N–H and O–H groups in total. The monoisotopic (exact) mass is 233 g/mol. The second-order valence-corrected chi connectivity index (χ2v) is 4.81. The van der Waals surface area contributed by atoms with Crippen molar-refractivity contribution in [1.29, 1.82) is 0 Å². The molecule has 1 amide bonds. The molecule has 1 fully saturated rings. The van der Waals surface area contributed by atoms with Crippen molar-refractivity contribution in [2.45, 2.75) is 18.8 Å². The van der Waals surface area contributed by atoms with Crippen molar-refractivity contribution in [3.05, 3.63) is 30.1 Å². The molecular weight excluding hydrogens is 214 g/mol. The lowest BCUT2D eigenvalue weighted by Crippen LogP contribution is -2.37. The third kappa shape index (κ3) is 2.82. The van der Waals surface area contributed by atoms with Gasteiger partial charge in [-0.2, -0.15) is 0 Å². The van der Waals surface area contributed by atoms with Gasteiger partial charge in [0, 0.05) is 12.4 Å². The van der Waals surface area contributed by atoms with E-state index in [4.69, 9.17) is 5.73 Å². The second kappa shape index (κ2) is 5.27. The minimum absolute atomic E-state index is 0.183. The predicted octanol–water partition coefficient (Wildman–Crippen LogP) is 0.992. The number of rotatable bonds is 3. The molecule has 2 rings (SSSR count).